The van der Waals surface area contributed by atoms with Gasteiger partial charge in [-0.1, -0.05) is 13.3 Å². The second-order valence-corrected chi connectivity index (χ2v) is 6.11. The van der Waals surface area contributed by atoms with Crippen molar-refractivity contribution in [3.05, 3.63) is 29.3 Å². The predicted molar refractivity (Wildman–Crippen MR) is 86.6 cm³/mol. The molecule has 0 bridgehead atoms. The second kappa shape index (κ2) is 6.40. The highest BCUT2D eigenvalue weighted by atomic mass is 16.4. The standard InChI is InChI=1S/C17H22N2O4/c1-4-8-17(3,16(22)23)18-15(21)13-5-6-14-12(10-13)7-9-19(14)11(2)20/h5-6,10H,4,7-9H2,1-3H3,(H,18,21)(H,22,23). The molecule has 0 fully saturated rings. The number of hydrogen-bond acceptors (Lipinski definition) is 3. The number of nitrogens with one attached hydrogen (secondary N) is 1. The number of nitrogens with zero attached hydrogens (tertiary/aromatic N) is 1. The van der Waals surface area contributed by atoms with Gasteiger partial charge in [0.25, 0.3) is 5.91 Å². The van der Waals surface area contributed by atoms with Crippen molar-refractivity contribution in [2.45, 2.75) is 45.6 Å². The molecule has 0 aliphatic carbocycles. The summed E-state index contributed by atoms with van der Waals surface area (Å²) in [4.78, 5) is 37.0. The van der Waals surface area contributed by atoms with Gasteiger partial charge in [0.1, 0.15) is 5.54 Å². The lowest BCUT2D eigenvalue weighted by Crippen LogP contribution is -2.52. The molecule has 0 saturated heterocycles. The zero-order chi connectivity index (χ0) is 17.2. The number of carbonyl (C=O) groups is 3. The van der Waals surface area contributed by atoms with Gasteiger partial charge >= 0.3 is 5.97 Å². The lowest BCUT2D eigenvalue weighted by Gasteiger charge is -2.26. The number of aliphatic carboxylic acids is 1. The van der Waals surface area contributed by atoms with Crippen molar-refractivity contribution in [2.24, 2.45) is 0 Å². The van der Waals surface area contributed by atoms with Crippen LogP contribution in [-0.2, 0) is 16.0 Å². The van der Waals surface area contributed by atoms with E-state index in [2.05, 4.69) is 5.32 Å². The van der Waals surface area contributed by atoms with Crippen LogP contribution in [0.1, 0.15) is 49.5 Å². The summed E-state index contributed by atoms with van der Waals surface area (Å²) in [6.45, 7) is 5.51. The van der Waals surface area contributed by atoms with Crippen LogP contribution in [0.15, 0.2) is 18.2 Å². The molecular formula is C17H22N2O4. The summed E-state index contributed by atoms with van der Waals surface area (Å²) < 4.78 is 0. The van der Waals surface area contributed by atoms with Gasteiger partial charge in [-0.05, 0) is 43.5 Å². The molecule has 1 aliphatic rings. The molecule has 2 N–H and O–H groups in total. The van der Waals surface area contributed by atoms with Crippen molar-refractivity contribution in [2.75, 3.05) is 11.4 Å². The average molecular weight is 318 g/mol. The molecule has 0 spiro atoms. The highest BCUT2D eigenvalue weighted by molar-refractivity contribution is 5.99. The van der Waals surface area contributed by atoms with Crippen LogP contribution in [0.5, 0.6) is 0 Å². The average Bonchev–Trinajstić information content (AvgIpc) is 2.90. The smallest absolute Gasteiger partial charge is 0.329 e. The number of carbonyl (C=O) groups excluding carboxylic acids is 2. The highest BCUT2D eigenvalue weighted by Gasteiger charge is 2.34. The molecule has 1 atom stereocenters. The first-order valence-electron chi connectivity index (χ1n) is 7.75. The molecule has 1 heterocycles. The largest absolute Gasteiger partial charge is 0.480 e. The van der Waals surface area contributed by atoms with E-state index in [0.29, 0.717) is 31.4 Å². The van der Waals surface area contributed by atoms with Crippen LogP contribution < -0.4 is 10.2 Å². The van der Waals surface area contributed by atoms with Crippen LogP contribution in [0.4, 0.5) is 5.69 Å². The molecular weight excluding hydrogens is 296 g/mol. The molecule has 1 aliphatic heterocycles. The highest BCUT2D eigenvalue weighted by Crippen LogP contribution is 2.29. The maximum atomic E-state index is 12.4. The molecule has 1 aromatic carbocycles. The normalized spacial score (nSPS) is 15.7. The molecule has 6 heteroatoms. The van der Waals surface area contributed by atoms with Gasteiger partial charge in [-0.2, -0.15) is 0 Å². The monoisotopic (exact) mass is 318 g/mol. The van der Waals surface area contributed by atoms with E-state index >= 15 is 0 Å². The molecule has 6 nitrogen and oxygen atoms in total. The Kier molecular flexibility index (Phi) is 4.73. The Labute approximate surface area is 135 Å². The third-order valence-electron chi connectivity index (χ3n) is 4.23. The number of anilines is 1. The second-order valence-electron chi connectivity index (χ2n) is 6.11. The minimum absolute atomic E-state index is 0.0256. The molecule has 0 saturated carbocycles. The summed E-state index contributed by atoms with van der Waals surface area (Å²) in [5.74, 6) is -1.48. The molecule has 1 unspecified atom stereocenters. The van der Waals surface area contributed by atoms with Crippen molar-refractivity contribution in [1.82, 2.24) is 5.32 Å². The van der Waals surface area contributed by atoms with Crippen LogP contribution in [0.2, 0.25) is 0 Å². The Morgan fingerprint density at radius 2 is 2.04 bits per heavy atom. The number of fused-ring (bicyclic) bond motifs is 1. The topological polar surface area (TPSA) is 86.7 Å². The fourth-order valence-corrected chi connectivity index (χ4v) is 2.92. The van der Waals surface area contributed by atoms with E-state index in [1.807, 2.05) is 6.92 Å². The Hall–Kier alpha value is -2.37. The Bertz CT molecular complexity index is 656. The lowest BCUT2D eigenvalue weighted by molar-refractivity contribution is -0.144. The first kappa shape index (κ1) is 17.0. The zero-order valence-electron chi connectivity index (χ0n) is 13.7. The van der Waals surface area contributed by atoms with Crippen LogP contribution in [-0.4, -0.2) is 35.0 Å². The van der Waals surface area contributed by atoms with E-state index < -0.39 is 17.4 Å². The predicted octanol–water partition coefficient (Wildman–Crippen LogP) is 1.97. The first-order valence-corrected chi connectivity index (χ1v) is 7.75. The van der Waals surface area contributed by atoms with Gasteiger partial charge in [-0.3, -0.25) is 9.59 Å². The Morgan fingerprint density at radius 3 is 2.61 bits per heavy atom. The summed E-state index contributed by atoms with van der Waals surface area (Å²) in [5, 5.41) is 12.0. The fourth-order valence-electron chi connectivity index (χ4n) is 2.92. The molecule has 23 heavy (non-hydrogen) atoms. The number of benzene rings is 1. The van der Waals surface area contributed by atoms with E-state index in [-0.39, 0.29) is 5.91 Å². The molecule has 124 valence electrons. The Morgan fingerprint density at radius 1 is 1.35 bits per heavy atom. The third kappa shape index (κ3) is 3.36. The fraction of sp³-hybridized carbons (Fsp3) is 0.471. The van der Waals surface area contributed by atoms with Crippen LogP contribution in [0.25, 0.3) is 0 Å². The van der Waals surface area contributed by atoms with Crippen LogP contribution in [0, 0.1) is 0 Å². The van der Waals surface area contributed by atoms with Gasteiger partial charge in [0.2, 0.25) is 5.91 Å². The molecule has 0 radical (unpaired) electrons. The van der Waals surface area contributed by atoms with Crippen LogP contribution in [0.3, 0.4) is 0 Å². The summed E-state index contributed by atoms with van der Waals surface area (Å²) >= 11 is 0. The summed E-state index contributed by atoms with van der Waals surface area (Å²) in [5.41, 5.74) is 0.887. The van der Waals surface area contributed by atoms with E-state index in [4.69, 9.17) is 0 Å². The first-order chi connectivity index (χ1) is 10.8. The number of rotatable bonds is 5. The quantitative estimate of drug-likeness (QED) is 0.869. The number of hydrogen-bond donors (Lipinski definition) is 2. The molecule has 1 aromatic rings. The van der Waals surface area contributed by atoms with Gasteiger partial charge in [0, 0.05) is 24.7 Å². The third-order valence-corrected chi connectivity index (χ3v) is 4.23. The maximum Gasteiger partial charge on any atom is 0.329 e. The summed E-state index contributed by atoms with van der Waals surface area (Å²) in [6, 6.07) is 5.11. The van der Waals surface area contributed by atoms with Crippen molar-refractivity contribution in [3.63, 3.8) is 0 Å². The molecule has 2 amide bonds. The van der Waals surface area contributed by atoms with Gasteiger partial charge in [0.05, 0.1) is 0 Å². The minimum atomic E-state index is -1.28. The van der Waals surface area contributed by atoms with E-state index in [1.54, 1.807) is 23.1 Å². The summed E-state index contributed by atoms with van der Waals surface area (Å²) in [6.07, 6.45) is 1.71. The molecule has 0 aromatic heterocycles. The number of amides is 2. The Balaban J connectivity index is 2.21. The van der Waals surface area contributed by atoms with Crippen molar-refractivity contribution in [3.8, 4) is 0 Å². The maximum absolute atomic E-state index is 12.4. The SMILES string of the molecule is CCCC(C)(NC(=O)c1ccc2c(c1)CCN2C(C)=O)C(=O)O. The van der Waals surface area contributed by atoms with Gasteiger partial charge in [0.15, 0.2) is 0 Å². The van der Waals surface area contributed by atoms with Crippen LogP contribution >= 0.6 is 0 Å². The molecule has 2 rings (SSSR count). The van der Waals surface area contributed by atoms with E-state index in [1.165, 1.54) is 13.8 Å². The zero-order valence-corrected chi connectivity index (χ0v) is 13.7. The van der Waals surface area contributed by atoms with E-state index in [0.717, 1.165) is 11.3 Å². The van der Waals surface area contributed by atoms with Gasteiger partial charge < -0.3 is 15.3 Å². The van der Waals surface area contributed by atoms with E-state index in [9.17, 15) is 19.5 Å². The van der Waals surface area contributed by atoms with Crippen molar-refractivity contribution >= 4 is 23.5 Å². The van der Waals surface area contributed by atoms with Crippen molar-refractivity contribution < 1.29 is 19.5 Å². The minimum Gasteiger partial charge on any atom is -0.480 e. The van der Waals surface area contributed by atoms with Crippen molar-refractivity contribution in [1.29, 1.82) is 0 Å². The van der Waals surface area contributed by atoms with Gasteiger partial charge in [-0.25, -0.2) is 4.79 Å². The summed E-state index contributed by atoms with van der Waals surface area (Å²) in [7, 11) is 0. The van der Waals surface area contributed by atoms with Gasteiger partial charge in [-0.15, -0.1) is 0 Å². The number of carboxylic acid groups (broad SMARTS) is 1. The number of carboxylic acids is 1. The lowest BCUT2D eigenvalue weighted by atomic mass is 9.95.